The second-order valence-electron chi connectivity index (χ2n) is 3.66. The van der Waals surface area contributed by atoms with Crippen molar-refractivity contribution in [2.45, 2.75) is 13.8 Å². The largest absolute Gasteiger partial charge is 0.480 e. The number of nitrogens with zero attached hydrogens (tertiary/aromatic N) is 4. The summed E-state index contributed by atoms with van der Waals surface area (Å²) in [6.45, 7) is 4.00. The van der Waals surface area contributed by atoms with E-state index in [1.807, 2.05) is 44.2 Å². The fourth-order valence-corrected chi connectivity index (χ4v) is 1.61. The summed E-state index contributed by atoms with van der Waals surface area (Å²) in [6.07, 6.45) is 0. The number of aromatic nitrogens is 4. The predicted molar refractivity (Wildman–Crippen MR) is 78.4 cm³/mol. The number of nitrogens with one attached hydrogen (secondary N) is 1. The summed E-state index contributed by atoms with van der Waals surface area (Å²) >= 11 is 0. The Balaban J connectivity index is 0.000000704. The number of rotatable bonds is 3. The molecule has 0 saturated heterocycles. The molecule has 2 aromatic heterocycles. The molecule has 1 N–H and O–H groups in total. The van der Waals surface area contributed by atoms with Gasteiger partial charge in [-0.25, -0.2) is 0 Å². The molecule has 0 amide bonds. The molecule has 0 fully saturated rings. The van der Waals surface area contributed by atoms with Crippen LogP contribution in [-0.2, 0) is 0 Å². The lowest BCUT2D eigenvalue weighted by Gasteiger charge is -2.04. The van der Waals surface area contributed by atoms with Crippen LogP contribution < -0.4 is 10.1 Å². The van der Waals surface area contributed by atoms with E-state index in [2.05, 4.69) is 20.6 Å². The van der Waals surface area contributed by atoms with Crippen LogP contribution in [0.15, 0.2) is 42.5 Å². The summed E-state index contributed by atoms with van der Waals surface area (Å²) in [7, 11) is 1.57. The van der Waals surface area contributed by atoms with Gasteiger partial charge in [0.1, 0.15) is 0 Å². The molecular weight excluding hydrogens is 254 g/mol. The molecule has 0 atom stereocenters. The highest BCUT2D eigenvalue weighted by molar-refractivity contribution is 5.55. The van der Waals surface area contributed by atoms with Gasteiger partial charge >= 0.3 is 0 Å². The fourth-order valence-electron chi connectivity index (χ4n) is 1.61. The van der Waals surface area contributed by atoms with Gasteiger partial charge in [-0.05, 0) is 18.2 Å². The molecule has 6 nitrogen and oxygen atoms in total. The second kappa shape index (κ2) is 6.51. The highest BCUT2D eigenvalue weighted by Crippen LogP contribution is 2.16. The van der Waals surface area contributed by atoms with Crippen molar-refractivity contribution in [3.05, 3.63) is 42.5 Å². The topological polar surface area (TPSA) is 64.3 Å². The Kier molecular flexibility index (Phi) is 4.49. The van der Waals surface area contributed by atoms with Gasteiger partial charge in [0.25, 0.3) is 5.95 Å². The van der Waals surface area contributed by atoms with E-state index in [0.29, 0.717) is 17.5 Å². The third-order valence-corrected chi connectivity index (χ3v) is 2.48. The summed E-state index contributed by atoms with van der Waals surface area (Å²) in [6, 6.07) is 13.3. The highest BCUT2D eigenvalue weighted by atomic mass is 16.5. The summed E-state index contributed by atoms with van der Waals surface area (Å²) < 4.78 is 6.68. The molecule has 0 aliphatic rings. The van der Waals surface area contributed by atoms with Crippen molar-refractivity contribution in [1.29, 1.82) is 0 Å². The lowest BCUT2D eigenvalue weighted by atomic mass is 10.3. The minimum Gasteiger partial charge on any atom is -0.480 e. The van der Waals surface area contributed by atoms with E-state index in [4.69, 9.17) is 4.74 Å². The molecule has 1 aromatic carbocycles. The van der Waals surface area contributed by atoms with Gasteiger partial charge in [0.15, 0.2) is 5.65 Å². The van der Waals surface area contributed by atoms with Crippen LogP contribution in [0, 0.1) is 0 Å². The fraction of sp³-hybridized carbons (Fsp3) is 0.214. The number of para-hydroxylation sites is 1. The van der Waals surface area contributed by atoms with Gasteiger partial charge in [-0.3, -0.25) is 0 Å². The van der Waals surface area contributed by atoms with Crippen LogP contribution in [0.2, 0.25) is 0 Å². The Labute approximate surface area is 117 Å². The maximum atomic E-state index is 5.08. The van der Waals surface area contributed by atoms with Crippen LogP contribution in [-0.4, -0.2) is 26.9 Å². The zero-order valence-electron chi connectivity index (χ0n) is 11.7. The molecule has 0 saturated carbocycles. The van der Waals surface area contributed by atoms with E-state index in [1.165, 1.54) is 0 Å². The highest BCUT2D eigenvalue weighted by Gasteiger charge is 2.07. The van der Waals surface area contributed by atoms with Crippen molar-refractivity contribution >= 4 is 17.3 Å². The predicted octanol–water partition coefficient (Wildman–Crippen LogP) is 2.90. The molecule has 3 aromatic rings. The van der Waals surface area contributed by atoms with Crippen LogP contribution in [0.1, 0.15) is 13.8 Å². The number of anilines is 2. The molecule has 0 bridgehead atoms. The molecule has 0 aliphatic heterocycles. The minimum atomic E-state index is 0.512. The molecule has 0 spiro atoms. The van der Waals surface area contributed by atoms with E-state index in [9.17, 15) is 0 Å². The third-order valence-electron chi connectivity index (χ3n) is 2.48. The minimum absolute atomic E-state index is 0.512. The third kappa shape index (κ3) is 2.85. The van der Waals surface area contributed by atoms with Crippen molar-refractivity contribution in [2.24, 2.45) is 0 Å². The van der Waals surface area contributed by atoms with Crippen molar-refractivity contribution < 1.29 is 4.74 Å². The monoisotopic (exact) mass is 271 g/mol. The maximum absolute atomic E-state index is 5.08. The SMILES string of the molecule is CC.COc1ccc2nnc(Nc3ccccc3)n2n1. The first-order valence-corrected chi connectivity index (χ1v) is 6.45. The van der Waals surface area contributed by atoms with Crippen molar-refractivity contribution in [3.63, 3.8) is 0 Å². The Morgan fingerprint density at radius 2 is 1.75 bits per heavy atom. The quantitative estimate of drug-likeness (QED) is 0.793. The lowest BCUT2D eigenvalue weighted by Crippen LogP contribution is -2.01. The number of hydrogen-bond acceptors (Lipinski definition) is 5. The Morgan fingerprint density at radius 3 is 2.45 bits per heavy atom. The molecule has 6 heteroatoms. The zero-order valence-corrected chi connectivity index (χ0v) is 11.7. The lowest BCUT2D eigenvalue weighted by molar-refractivity contribution is 0.390. The summed E-state index contributed by atoms with van der Waals surface area (Å²) in [5, 5.41) is 15.5. The standard InChI is InChI=1S/C12H11N5O.C2H6/c1-18-11-8-7-10-14-15-12(17(10)16-11)13-9-5-3-2-4-6-9;1-2/h2-8H,1H3,(H,13,15);1-2H3. The average molecular weight is 271 g/mol. The molecule has 0 unspecified atom stereocenters. The van der Waals surface area contributed by atoms with Crippen molar-refractivity contribution in [2.75, 3.05) is 12.4 Å². The Bertz CT molecular complexity index is 666. The van der Waals surface area contributed by atoms with Gasteiger partial charge < -0.3 is 10.1 Å². The van der Waals surface area contributed by atoms with Crippen LogP contribution in [0.4, 0.5) is 11.6 Å². The van der Waals surface area contributed by atoms with Crippen molar-refractivity contribution in [1.82, 2.24) is 19.8 Å². The van der Waals surface area contributed by atoms with Crippen LogP contribution in [0.3, 0.4) is 0 Å². The second-order valence-corrected chi connectivity index (χ2v) is 3.66. The number of ether oxygens (including phenoxy) is 1. The molecule has 2 heterocycles. The molecule has 0 radical (unpaired) electrons. The van der Waals surface area contributed by atoms with Gasteiger partial charge in [-0.1, -0.05) is 32.0 Å². The first-order valence-electron chi connectivity index (χ1n) is 6.45. The first-order chi connectivity index (χ1) is 9.86. The van der Waals surface area contributed by atoms with E-state index < -0.39 is 0 Å². The first kappa shape index (κ1) is 13.8. The molecule has 20 heavy (non-hydrogen) atoms. The molecule has 3 rings (SSSR count). The van der Waals surface area contributed by atoms with E-state index >= 15 is 0 Å². The van der Waals surface area contributed by atoms with Gasteiger partial charge in [0.2, 0.25) is 5.88 Å². The van der Waals surface area contributed by atoms with Crippen LogP contribution in [0.5, 0.6) is 5.88 Å². The zero-order chi connectivity index (χ0) is 14.4. The van der Waals surface area contributed by atoms with Gasteiger partial charge in [0.05, 0.1) is 7.11 Å². The van der Waals surface area contributed by atoms with E-state index in [1.54, 1.807) is 23.8 Å². The summed E-state index contributed by atoms with van der Waals surface area (Å²) in [5.41, 5.74) is 1.59. The van der Waals surface area contributed by atoms with Gasteiger partial charge in [-0.15, -0.1) is 15.3 Å². The molecule has 0 aliphatic carbocycles. The number of benzene rings is 1. The number of hydrogen-bond donors (Lipinski definition) is 1. The molecule has 104 valence electrons. The van der Waals surface area contributed by atoms with Crippen LogP contribution >= 0.6 is 0 Å². The Hall–Kier alpha value is -2.63. The average Bonchev–Trinajstić information content (AvgIpc) is 2.92. The summed E-state index contributed by atoms with van der Waals surface area (Å²) in [4.78, 5) is 0. The van der Waals surface area contributed by atoms with Gasteiger partial charge in [-0.2, -0.15) is 4.52 Å². The summed E-state index contributed by atoms with van der Waals surface area (Å²) in [5.74, 6) is 1.06. The normalized spacial score (nSPS) is 9.75. The smallest absolute Gasteiger partial charge is 0.250 e. The van der Waals surface area contributed by atoms with Crippen molar-refractivity contribution in [3.8, 4) is 5.88 Å². The number of fused-ring (bicyclic) bond motifs is 1. The van der Waals surface area contributed by atoms with Crippen LogP contribution in [0.25, 0.3) is 5.65 Å². The Morgan fingerprint density at radius 1 is 1.00 bits per heavy atom. The maximum Gasteiger partial charge on any atom is 0.250 e. The van der Waals surface area contributed by atoms with E-state index in [0.717, 1.165) is 5.69 Å². The van der Waals surface area contributed by atoms with Gasteiger partial charge in [0, 0.05) is 11.8 Å². The number of methoxy groups -OCH3 is 1. The van der Waals surface area contributed by atoms with E-state index in [-0.39, 0.29) is 0 Å². The molecular formula is C14H17N5O.